The number of carbonyl (C=O) groups excluding carboxylic acids is 2. The third kappa shape index (κ3) is 3.76. The Labute approximate surface area is 155 Å². The van der Waals surface area contributed by atoms with Crippen molar-refractivity contribution in [3.63, 3.8) is 0 Å². The van der Waals surface area contributed by atoms with E-state index >= 15 is 0 Å². The Morgan fingerprint density at radius 1 is 1.23 bits per heavy atom. The van der Waals surface area contributed by atoms with Gasteiger partial charge in [0, 0.05) is 38.7 Å². The lowest BCUT2D eigenvalue weighted by Gasteiger charge is -2.23. The number of rotatable bonds is 7. The Morgan fingerprint density at radius 3 is 2.42 bits per heavy atom. The topological polar surface area (TPSA) is 86.8 Å². The van der Waals surface area contributed by atoms with Crippen LogP contribution < -0.4 is 10.2 Å². The first-order chi connectivity index (χ1) is 12.3. The number of nitrogens with zero attached hydrogens (tertiary/aromatic N) is 2. The third-order valence-corrected chi connectivity index (χ3v) is 6.62. The second kappa shape index (κ2) is 8.18. The van der Waals surface area contributed by atoms with Gasteiger partial charge in [0.2, 0.25) is 21.8 Å². The fourth-order valence-corrected chi connectivity index (χ4v) is 4.78. The number of anilines is 1. The first-order valence-electron chi connectivity index (χ1n) is 8.98. The number of fused-ring (bicyclic) bond motifs is 1. The summed E-state index contributed by atoms with van der Waals surface area (Å²) in [6.07, 6.45) is 1.11. The van der Waals surface area contributed by atoms with E-state index < -0.39 is 16.1 Å². The summed E-state index contributed by atoms with van der Waals surface area (Å²) in [7, 11) is -3.58. The van der Waals surface area contributed by atoms with Crippen LogP contribution in [0.4, 0.5) is 5.69 Å². The highest BCUT2D eigenvalue weighted by molar-refractivity contribution is 7.89. The van der Waals surface area contributed by atoms with Crippen LogP contribution >= 0.6 is 0 Å². The minimum absolute atomic E-state index is 0.193. The summed E-state index contributed by atoms with van der Waals surface area (Å²) in [5.74, 6) is -0.453. The zero-order valence-corrected chi connectivity index (χ0v) is 16.6. The van der Waals surface area contributed by atoms with E-state index in [2.05, 4.69) is 5.32 Å². The number of hydrogen-bond donors (Lipinski definition) is 1. The van der Waals surface area contributed by atoms with Crippen molar-refractivity contribution in [1.29, 1.82) is 0 Å². The summed E-state index contributed by atoms with van der Waals surface area (Å²) in [4.78, 5) is 26.2. The van der Waals surface area contributed by atoms with Crippen molar-refractivity contribution in [3.05, 3.63) is 23.8 Å². The van der Waals surface area contributed by atoms with Gasteiger partial charge in [-0.2, -0.15) is 4.31 Å². The lowest BCUT2D eigenvalue weighted by molar-refractivity contribution is -0.125. The van der Waals surface area contributed by atoms with E-state index in [-0.39, 0.29) is 16.7 Å². The third-order valence-electron chi connectivity index (χ3n) is 4.57. The molecule has 1 aromatic carbocycles. The van der Waals surface area contributed by atoms with E-state index in [0.717, 1.165) is 6.42 Å². The Hall–Kier alpha value is -1.93. The molecule has 2 rings (SSSR count). The average molecular weight is 381 g/mol. The van der Waals surface area contributed by atoms with Crippen molar-refractivity contribution in [2.24, 2.45) is 0 Å². The minimum atomic E-state index is -3.58. The molecule has 0 radical (unpaired) electrons. The minimum Gasteiger partial charge on any atom is -0.354 e. The van der Waals surface area contributed by atoms with Gasteiger partial charge in [0.05, 0.1) is 4.90 Å². The van der Waals surface area contributed by atoms with Gasteiger partial charge in [-0.3, -0.25) is 14.5 Å². The molecule has 1 atom stereocenters. The van der Waals surface area contributed by atoms with Gasteiger partial charge in [-0.05, 0) is 30.2 Å². The van der Waals surface area contributed by atoms with Gasteiger partial charge in [-0.1, -0.05) is 20.8 Å². The van der Waals surface area contributed by atoms with E-state index in [1.54, 1.807) is 26.0 Å². The Morgan fingerprint density at radius 2 is 1.88 bits per heavy atom. The van der Waals surface area contributed by atoms with E-state index in [4.69, 9.17) is 0 Å². The second-order valence-corrected chi connectivity index (χ2v) is 8.22. The highest BCUT2D eigenvalue weighted by atomic mass is 32.2. The van der Waals surface area contributed by atoms with Crippen LogP contribution in [-0.4, -0.2) is 50.2 Å². The summed E-state index contributed by atoms with van der Waals surface area (Å²) >= 11 is 0. The molecule has 1 N–H and O–H groups in total. The summed E-state index contributed by atoms with van der Waals surface area (Å²) in [6.45, 7) is 8.26. The average Bonchev–Trinajstić information content (AvgIpc) is 2.99. The Balaban J connectivity index is 2.40. The molecule has 1 aliphatic heterocycles. The van der Waals surface area contributed by atoms with Crippen LogP contribution in [0.2, 0.25) is 0 Å². The van der Waals surface area contributed by atoms with Gasteiger partial charge in [0.25, 0.3) is 0 Å². The van der Waals surface area contributed by atoms with E-state index in [0.29, 0.717) is 37.3 Å². The molecule has 0 saturated heterocycles. The van der Waals surface area contributed by atoms with Gasteiger partial charge >= 0.3 is 0 Å². The highest BCUT2D eigenvalue weighted by Crippen LogP contribution is 2.34. The maximum atomic E-state index is 12.7. The molecule has 1 aliphatic rings. The predicted molar refractivity (Wildman–Crippen MR) is 101 cm³/mol. The smallest absolute Gasteiger partial charge is 0.243 e. The van der Waals surface area contributed by atoms with Crippen molar-refractivity contribution in [2.75, 3.05) is 24.5 Å². The molecule has 0 bridgehead atoms. The highest BCUT2D eigenvalue weighted by Gasteiger charge is 2.37. The normalized spacial score (nSPS) is 16.7. The van der Waals surface area contributed by atoms with E-state index in [1.807, 2.05) is 6.92 Å². The lowest BCUT2D eigenvalue weighted by atomic mass is 10.1. The molecular formula is C18H27N3O4S. The molecule has 0 aromatic heterocycles. The standard InChI is InChI=1S/C18H27N3O4S/c1-5-10-19-18(23)17-12-14-11-15(26(24,25)20(6-2)7-3)8-9-16(14)21(17)13(4)22/h8-9,11,17H,5-7,10,12H2,1-4H3,(H,19,23)/t17-/m1/s1. The molecule has 1 aromatic rings. The fourth-order valence-electron chi connectivity index (χ4n) is 3.27. The number of amides is 2. The summed E-state index contributed by atoms with van der Waals surface area (Å²) in [5.41, 5.74) is 1.30. The van der Waals surface area contributed by atoms with Crippen molar-refractivity contribution in [1.82, 2.24) is 9.62 Å². The zero-order chi connectivity index (χ0) is 19.5. The van der Waals surface area contributed by atoms with Crippen molar-refractivity contribution >= 4 is 27.5 Å². The summed E-state index contributed by atoms with van der Waals surface area (Å²) in [6, 6.07) is 4.08. The molecule has 0 unspecified atom stereocenters. The molecule has 0 spiro atoms. The maximum Gasteiger partial charge on any atom is 0.243 e. The monoisotopic (exact) mass is 381 g/mol. The number of sulfonamides is 1. The molecule has 1 heterocycles. The van der Waals surface area contributed by atoms with Gasteiger partial charge in [-0.25, -0.2) is 8.42 Å². The fraction of sp³-hybridized carbons (Fsp3) is 0.556. The number of carbonyl (C=O) groups is 2. The maximum absolute atomic E-state index is 12.7. The van der Waals surface area contributed by atoms with Gasteiger partial charge in [-0.15, -0.1) is 0 Å². The number of benzene rings is 1. The van der Waals surface area contributed by atoms with Crippen LogP contribution in [0.5, 0.6) is 0 Å². The quantitative estimate of drug-likeness (QED) is 0.776. The van der Waals surface area contributed by atoms with E-state index in [1.165, 1.54) is 22.2 Å². The molecule has 8 heteroatoms. The van der Waals surface area contributed by atoms with Gasteiger partial charge < -0.3 is 5.32 Å². The second-order valence-electron chi connectivity index (χ2n) is 6.28. The van der Waals surface area contributed by atoms with Crippen LogP contribution in [0, 0.1) is 0 Å². The zero-order valence-electron chi connectivity index (χ0n) is 15.8. The van der Waals surface area contributed by atoms with Gasteiger partial charge in [0.15, 0.2) is 0 Å². The molecule has 0 fully saturated rings. The summed E-state index contributed by atoms with van der Waals surface area (Å²) in [5, 5.41) is 2.82. The number of hydrogen-bond acceptors (Lipinski definition) is 4. The largest absolute Gasteiger partial charge is 0.354 e. The molecule has 26 heavy (non-hydrogen) atoms. The van der Waals surface area contributed by atoms with E-state index in [9.17, 15) is 18.0 Å². The first-order valence-corrected chi connectivity index (χ1v) is 10.4. The van der Waals surface area contributed by atoms with Crippen LogP contribution in [-0.2, 0) is 26.0 Å². The molecule has 0 aliphatic carbocycles. The first kappa shape index (κ1) is 20.4. The SMILES string of the molecule is CCCNC(=O)[C@H]1Cc2cc(S(=O)(=O)N(CC)CC)ccc2N1C(C)=O. The molecular weight excluding hydrogens is 354 g/mol. The lowest BCUT2D eigenvalue weighted by Crippen LogP contribution is -2.47. The van der Waals surface area contributed by atoms with Crippen LogP contribution in [0.3, 0.4) is 0 Å². The van der Waals surface area contributed by atoms with Crippen LogP contribution in [0.15, 0.2) is 23.1 Å². The van der Waals surface area contributed by atoms with Gasteiger partial charge in [0.1, 0.15) is 6.04 Å². The van der Waals surface area contributed by atoms with Crippen molar-refractivity contribution < 1.29 is 18.0 Å². The molecule has 0 saturated carbocycles. The summed E-state index contributed by atoms with van der Waals surface area (Å²) < 4.78 is 26.9. The van der Waals surface area contributed by atoms with Crippen molar-refractivity contribution in [3.8, 4) is 0 Å². The van der Waals surface area contributed by atoms with Crippen molar-refractivity contribution in [2.45, 2.75) is 51.5 Å². The van der Waals surface area contributed by atoms with Crippen LogP contribution in [0.25, 0.3) is 0 Å². The molecule has 144 valence electrons. The predicted octanol–water partition coefficient (Wildman–Crippen LogP) is 1.52. The number of nitrogens with one attached hydrogen (secondary N) is 1. The Kier molecular flexibility index (Phi) is 6.41. The molecule has 2 amide bonds. The Bertz CT molecular complexity index is 788. The molecule has 7 nitrogen and oxygen atoms in total. The van der Waals surface area contributed by atoms with Crippen LogP contribution in [0.1, 0.15) is 39.7 Å².